The van der Waals surface area contributed by atoms with Gasteiger partial charge in [0.1, 0.15) is 68.8 Å². The van der Waals surface area contributed by atoms with Crippen LogP contribution in [0.2, 0.25) is 8.93 Å². The summed E-state index contributed by atoms with van der Waals surface area (Å²) >= 11 is 14.8. The molecule has 4 fully saturated rings. The normalized spacial score (nSPS) is 16.7. The number of piperidine rings is 4. The molecule has 0 radical (unpaired) electrons. The number of nitrogens with one attached hydrogen (secondary N) is 1. The highest BCUT2D eigenvalue weighted by Crippen LogP contribution is 2.54. The van der Waals surface area contributed by atoms with Gasteiger partial charge >= 0.3 is 0 Å². The number of fused-ring (bicyclic) bond motifs is 18. The monoisotopic (exact) mass is 1810 g/mol. The molecule has 0 atom stereocenters. The highest BCUT2D eigenvalue weighted by molar-refractivity contribution is 7.89. The molecule has 4 amide bonds. The number of aryl methyl sites for hydroxylation is 3. The number of carbonyl (C=O) groups is 4. The lowest BCUT2D eigenvalue weighted by Crippen LogP contribution is -2.50. The van der Waals surface area contributed by atoms with Gasteiger partial charge in [0, 0.05) is 194 Å². The number of nitrogens with zero attached hydrogens (tertiary/aromatic N) is 14. The fourth-order valence-corrected chi connectivity index (χ4v) is 22.6. The van der Waals surface area contributed by atoms with Gasteiger partial charge in [-0.2, -0.15) is 20.6 Å². The number of sulfonamides is 1. The molecule has 0 bridgehead atoms. The van der Waals surface area contributed by atoms with Crippen molar-refractivity contribution in [3.8, 4) is 74.3 Å². The van der Waals surface area contributed by atoms with Crippen LogP contribution in [0.15, 0.2) is 212 Å². The fourth-order valence-electron chi connectivity index (χ4n) is 19.0. The number of methoxy groups -OCH3 is 1. The van der Waals surface area contributed by atoms with Gasteiger partial charge in [-0.15, -0.1) is 22.7 Å². The number of hydrogen-bond acceptors (Lipinski definition) is 19. The number of rotatable bonds is 7. The van der Waals surface area contributed by atoms with E-state index in [1.807, 2.05) is 188 Å². The van der Waals surface area contributed by atoms with Crippen LogP contribution in [-0.2, 0) is 53.6 Å². The van der Waals surface area contributed by atoms with E-state index in [4.69, 9.17) is 52.0 Å². The molecule has 0 unspecified atom stereocenters. The number of benzene rings is 8. The van der Waals surface area contributed by atoms with Crippen LogP contribution >= 0.6 is 45.9 Å². The Kier molecular flexibility index (Phi) is 21.9. The average Bonchev–Trinajstić information content (AvgIpc) is 1.66. The van der Waals surface area contributed by atoms with E-state index < -0.39 is 38.0 Å². The van der Waals surface area contributed by atoms with E-state index in [1.165, 1.54) is 46.9 Å². The summed E-state index contributed by atoms with van der Waals surface area (Å²) < 4.78 is 83.5. The second-order valence-electron chi connectivity index (χ2n) is 34.2. The van der Waals surface area contributed by atoms with E-state index in [1.54, 1.807) is 63.1 Å². The number of ether oxygens (including phenoxy) is 5. The Labute approximate surface area is 757 Å². The molecule has 26 nitrogen and oxygen atoms in total. The maximum absolute atomic E-state index is 13.9. The van der Waals surface area contributed by atoms with E-state index in [0.29, 0.717) is 126 Å². The molecule has 654 valence electrons. The zero-order valence-electron chi connectivity index (χ0n) is 71.1. The molecule has 14 aromatic rings. The fraction of sp³-hybridized carbons (Fsp3) is 0.292. The predicted molar refractivity (Wildman–Crippen MR) is 487 cm³/mol. The molecule has 4 saturated heterocycles. The first-order chi connectivity index (χ1) is 61.6. The lowest BCUT2D eigenvalue weighted by atomic mass is 9.81. The molecular formula is C96H90Cl2FN15O11S3. The summed E-state index contributed by atoms with van der Waals surface area (Å²) in [6, 6.07) is 58.9. The minimum atomic E-state index is -3.67. The molecule has 4 spiro atoms. The minimum absolute atomic E-state index is 0. The number of hydrogen-bond donors (Lipinski definition) is 1. The third kappa shape index (κ3) is 15.5. The van der Waals surface area contributed by atoms with Gasteiger partial charge in [-0.1, -0.05) is 71.7 Å². The van der Waals surface area contributed by atoms with Crippen molar-refractivity contribution in [3.63, 3.8) is 0 Å². The summed E-state index contributed by atoms with van der Waals surface area (Å²) in [5.74, 6) is 3.07. The number of halogens is 3. The number of nitriles is 1. The van der Waals surface area contributed by atoms with Crippen molar-refractivity contribution in [2.24, 2.45) is 21.1 Å². The third-order valence-electron chi connectivity index (χ3n) is 25.3. The lowest BCUT2D eigenvalue weighted by Gasteiger charge is -2.45. The van der Waals surface area contributed by atoms with E-state index in [-0.39, 0.29) is 35.8 Å². The first-order valence-electron chi connectivity index (χ1n) is 42.2. The van der Waals surface area contributed by atoms with Crippen molar-refractivity contribution >= 4 is 100.0 Å². The van der Waals surface area contributed by atoms with Crippen molar-refractivity contribution < 1.29 is 57.1 Å². The number of likely N-dealkylation sites (tertiary alicyclic amines) is 4. The van der Waals surface area contributed by atoms with Crippen molar-refractivity contribution in [1.29, 1.82) is 5.26 Å². The zero-order valence-corrected chi connectivity index (χ0v) is 75.0. The maximum atomic E-state index is 13.9. The van der Waals surface area contributed by atoms with E-state index in [9.17, 15) is 37.2 Å². The molecule has 32 heteroatoms. The molecule has 8 aliphatic rings. The number of amides is 4. The predicted octanol–water partition coefficient (Wildman–Crippen LogP) is 17.7. The van der Waals surface area contributed by atoms with Crippen LogP contribution < -0.4 is 28.4 Å². The summed E-state index contributed by atoms with van der Waals surface area (Å²) in [7, 11) is 3.68. The maximum Gasteiger partial charge on any atom is 0.257 e. The van der Waals surface area contributed by atoms with Gasteiger partial charge in [-0.05, 0) is 154 Å². The average molecular weight is 1820 g/mol. The molecular weight excluding hydrogens is 1730 g/mol. The molecule has 8 aromatic carbocycles. The van der Waals surface area contributed by atoms with Gasteiger partial charge in [-0.25, -0.2) is 27.5 Å². The van der Waals surface area contributed by atoms with Gasteiger partial charge in [0.15, 0.2) is 14.5 Å². The van der Waals surface area contributed by atoms with Crippen LogP contribution in [0, 0.1) is 17.1 Å². The van der Waals surface area contributed by atoms with Crippen LogP contribution in [0.25, 0.3) is 59.9 Å². The van der Waals surface area contributed by atoms with E-state index >= 15 is 0 Å². The third-order valence-corrected chi connectivity index (χ3v) is 29.3. The second kappa shape index (κ2) is 33.1. The van der Waals surface area contributed by atoms with Crippen LogP contribution in [0.5, 0.6) is 28.7 Å². The van der Waals surface area contributed by atoms with E-state index in [2.05, 4.69) is 49.3 Å². The van der Waals surface area contributed by atoms with Crippen LogP contribution in [0.4, 0.5) is 4.39 Å². The molecule has 0 saturated carbocycles. The second-order valence-corrected chi connectivity index (χ2v) is 39.1. The van der Waals surface area contributed by atoms with Gasteiger partial charge in [-0.3, -0.25) is 37.8 Å². The Hall–Kier alpha value is -12.8. The Morgan fingerprint density at radius 2 is 0.977 bits per heavy atom. The summed E-state index contributed by atoms with van der Waals surface area (Å²) in [6.07, 6.45) is 11.0. The summed E-state index contributed by atoms with van der Waals surface area (Å²) in [5.41, 5.74) is 12.7. The molecule has 0 aliphatic carbocycles. The Balaban J connectivity index is 0.000000116. The van der Waals surface area contributed by atoms with Crippen molar-refractivity contribution in [3.05, 3.63) is 272 Å². The van der Waals surface area contributed by atoms with Crippen molar-refractivity contribution in [2.45, 2.75) is 105 Å². The summed E-state index contributed by atoms with van der Waals surface area (Å²) in [4.78, 5) is 68.7. The Morgan fingerprint density at radius 3 is 1.52 bits per heavy atom. The van der Waals surface area contributed by atoms with Crippen LogP contribution in [0.3, 0.4) is 0 Å². The summed E-state index contributed by atoms with van der Waals surface area (Å²) in [6.45, 7) is 9.81. The van der Waals surface area contributed by atoms with Gasteiger partial charge in [0.05, 0.1) is 73.2 Å². The highest BCUT2D eigenvalue weighted by Gasteiger charge is 2.51. The van der Waals surface area contributed by atoms with Crippen molar-refractivity contribution in [2.75, 3.05) is 59.5 Å². The molecule has 128 heavy (non-hydrogen) atoms. The molecule has 6 aromatic heterocycles. The highest BCUT2D eigenvalue weighted by atomic mass is 35.5. The largest absolute Gasteiger partial charge is 0.496 e. The molecule has 22 rings (SSSR count). The van der Waals surface area contributed by atoms with Gasteiger partial charge in [0.25, 0.3) is 23.6 Å². The molecule has 8 aliphatic heterocycles. The first-order valence-corrected chi connectivity index (χ1v) is 46.1. The van der Waals surface area contributed by atoms with E-state index in [0.717, 1.165) is 125 Å². The number of carbonyl (C=O) groups excluding carboxylic acids is 4. The first kappa shape index (κ1) is 84.7. The quantitative estimate of drug-likeness (QED) is 0.155. The Morgan fingerprint density at radius 1 is 0.523 bits per heavy atom. The zero-order chi connectivity index (χ0) is 88.9. The molecule has 1 N–H and O–H groups in total. The smallest absolute Gasteiger partial charge is 0.257 e. The van der Waals surface area contributed by atoms with Crippen LogP contribution in [0.1, 0.15) is 143 Å². The standard InChI is InChI=1S/C27H28N4O4S.2C23H19ClN4O2S.C23H22FN3O3.H2/c1-26(2,3)29-36(33,34)21-11-8-19(9-12-21)25(32)30-16-14-27(15-17-30)24-13-10-20(18-28)31(24)22-6-4-5-7-23(22)35-27;1-27-13-16-20(26-27)15-4-2-3-5-18(15)30-23(16)8-10-28(11-9-23)21(29)14-6-7-17-19(12-14)31-22(24)25-17;1-27-20-15-4-2-3-5-18(15)30-23(16(20)13-25-27)8-10-28(11-9-23)21(29)14-6-7-17-19(12-14)31-22(24)26-17;1-26-21-16-8-7-15(24)13-20(16)30-23(18(21)14-25-26)9-11-27(12-10-23)22(28)17-5-3-4-6-19(17)29-2;/h4-13,29H,14-17H2,1-3H3;2*2-7,12-13H,8-11H2,1H3;3-8,13-14H,9-12H2,1-2H3;1H. The van der Waals surface area contributed by atoms with Crippen LogP contribution in [-0.4, -0.2) is 161 Å². The van der Waals surface area contributed by atoms with Gasteiger partial charge in [0.2, 0.25) is 10.0 Å². The van der Waals surface area contributed by atoms with Crippen molar-refractivity contribution in [1.82, 2.24) is 68.2 Å². The number of para-hydroxylation sites is 5. The SMILES string of the molecule is CC(C)(C)NS(=O)(=O)c1ccc(C(=O)N2CCC3(CC2)Oc2ccccc2-n2c(C#N)ccc23)cc1.COc1ccccc1C(=O)N1CCC2(CC1)Oc1cc(F)ccc1-c1c2cnn1C.Cn1cc2c(n1)-c1ccccc1OC21CCN(C(=O)c2ccc3nc(Cl)sc3c2)CC1.Cn1ncc2c1-c1ccccc1OC21CCN(C(=O)c2ccc3nc(Cl)sc3c2)CC1.[HH]. The number of thiazole rings is 2. The number of aromatic nitrogens is 9. The van der Waals surface area contributed by atoms with Gasteiger partial charge < -0.3 is 43.3 Å². The Bertz CT molecular complexity index is 6810. The minimum Gasteiger partial charge on any atom is -0.496 e. The topological polar surface area (TPSA) is 282 Å². The lowest BCUT2D eigenvalue weighted by molar-refractivity contribution is -0.00947. The molecule has 14 heterocycles. The summed E-state index contributed by atoms with van der Waals surface area (Å²) in [5, 5.41) is 23.3.